The Kier molecular flexibility index (Phi) is 7.18. The van der Waals surface area contributed by atoms with E-state index < -0.39 is 0 Å². The van der Waals surface area contributed by atoms with E-state index >= 15 is 0 Å². The molecule has 0 bridgehead atoms. The first-order valence-corrected chi connectivity index (χ1v) is 8.60. The summed E-state index contributed by atoms with van der Waals surface area (Å²) in [6.07, 6.45) is 3.49. The zero-order chi connectivity index (χ0) is 17.4. The number of aliphatic imine (C=N–C) groups is 1. The molecule has 1 aromatic carbocycles. The molecule has 0 saturated heterocycles. The van der Waals surface area contributed by atoms with Gasteiger partial charge in [0.15, 0.2) is 5.96 Å². The number of rotatable bonds is 6. The molecule has 1 aliphatic rings. The van der Waals surface area contributed by atoms with E-state index in [-0.39, 0.29) is 6.10 Å². The molecule has 0 radical (unpaired) electrons. The van der Waals surface area contributed by atoms with Crippen molar-refractivity contribution < 1.29 is 14.6 Å². The van der Waals surface area contributed by atoms with Gasteiger partial charge in [0.25, 0.3) is 0 Å². The number of aliphatic hydroxyl groups excluding tert-OH is 1. The highest BCUT2D eigenvalue weighted by Crippen LogP contribution is 2.25. The molecule has 24 heavy (non-hydrogen) atoms. The van der Waals surface area contributed by atoms with E-state index in [4.69, 9.17) is 9.47 Å². The summed E-state index contributed by atoms with van der Waals surface area (Å²) in [5, 5.41) is 16.4. The second kappa shape index (κ2) is 9.37. The normalized spacial score (nSPS) is 21.2. The zero-order valence-corrected chi connectivity index (χ0v) is 14.8. The molecule has 6 heteroatoms. The maximum Gasteiger partial charge on any atom is 0.191 e. The number of guanidine groups is 1. The van der Waals surface area contributed by atoms with Gasteiger partial charge < -0.3 is 25.2 Å². The van der Waals surface area contributed by atoms with Crippen LogP contribution >= 0.6 is 0 Å². The summed E-state index contributed by atoms with van der Waals surface area (Å²) in [4.78, 5) is 4.67. The van der Waals surface area contributed by atoms with Crippen LogP contribution in [0.4, 0.5) is 0 Å². The number of hydrogen-bond acceptors (Lipinski definition) is 4. The van der Waals surface area contributed by atoms with Gasteiger partial charge in [-0.25, -0.2) is 4.99 Å². The smallest absolute Gasteiger partial charge is 0.191 e. The molecule has 6 nitrogen and oxygen atoms in total. The number of benzene rings is 1. The fourth-order valence-corrected chi connectivity index (χ4v) is 2.88. The third-order valence-electron chi connectivity index (χ3n) is 4.28. The molecular weight excluding hydrogens is 306 g/mol. The molecule has 1 aliphatic carbocycles. The average Bonchev–Trinajstić information content (AvgIpc) is 2.61. The van der Waals surface area contributed by atoms with E-state index in [1.807, 2.05) is 18.2 Å². The maximum atomic E-state index is 9.62. The first-order valence-electron chi connectivity index (χ1n) is 8.60. The van der Waals surface area contributed by atoms with Crippen LogP contribution in [0.15, 0.2) is 23.2 Å². The van der Waals surface area contributed by atoms with Crippen molar-refractivity contribution in [2.75, 3.05) is 20.8 Å². The summed E-state index contributed by atoms with van der Waals surface area (Å²) in [7, 11) is 3.29. The van der Waals surface area contributed by atoms with E-state index in [1.54, 1.807) is 14.2 Å². The highest BCUT2D eigenvalue weighted by Gasteiger charge is 2.20. The molecule has 2 rings (SSSR count). The molecule has 1 fully saturated rings. The fraction of sp³-hybridized carbons (Fsp3) is 0.611. The minimum Gasteiger partial charge on any atom is -0.497 e. The molecule has 0 atom stereocenters. The van der Waals surface area contributed by atoms with Gasteiger partial charge in [0.1, 0.15) is 11.5 Å². The van der Waals surface area contributed by atoms with Crippen molar-refractivity contribution in [3.63, 3.8) is 0 Å². The van der Waals surface area contributed by atoms with Crippen LogP contribution in [0.1, 0.15) is 38.2 Å². The van der Waals surface area contributed by atoms with Crippen molar-refractivity contribution in [2.24, 2.45) is 4.99 Å². The van der Waals surface area contributed by atoms with Gasteiger partial charge in [0, 0.05) is 24.2 Å². The third kappa shape index (κ3) is 5.30. The lowest BCUT2D eigenvalue weighted by Crippen LogP contribution is -2.45. The van der Waals surface area contributed by atoms with Gasteiger partial charge in [0.2, 0.25) is 0 Å². The van der Waals surface area contributed by atoms with Gasteiger partial charge >= 0.3 is 0 Å². The van der Waals surface area contributed by atoms with Crippen molar-refractivity contribution in [3.05, 3.63) is 23.8 Å². The molecule has 0 amide bonds. The van der Waals surface area contributed by atoms with Crippen LogP contribution in [-0.2, 0) is 6.54 Å². The quantitative estimate of drug-likeness (QED) is 0.548. The first kappa shape index (κ1) is 18.4. The molecule has 134 valence electrons. The van der Waals surface area contributed by atoms with Gasteiger partial charge in [-0.05, 0) is 44.7 Å². The number of nitrogens with zero attached hydrogens (tertiary/aromatic N) is 1. The van der Waals surface area contributed by atoms with Crippen LogP contribution in [0.5, 0.6) is 11.5 Å². The summed E-state index contributed by atoms with van der Waals surface area (Å²) >= 11 is 0. The highest BCUT2D eigenvalue weighted by molar-refractivity contribution is 5.80. The van der Waals surface area contributed by atoms with Crippen molar-refractivity contribution in [1.29, 1.82) is 0 Å². The topological polar surface area (TPSA) is 75.1 Å². The SMILES string of the molecule is CCNC(=NCc1ccc(OC)cc1OC)NC1CCC(O)CC1. The van der Waals surface area contributed by atoms with E-state index in [9.17, 15) is 5.11 Å². The summed E-state index contributed by atoms with van der Waals surface area (Å²) in [5.74, 6) is 2.34. The highest BCUT2D eigenvalue weighted by atomic mass is 16.5. The molecule has 0 aromatic heterocycles. The fourth-order valence-electron chi connectivity index (χ4n) is 2.88. The summed E-state index contributed by atoms with van der Waals surface area (Å²) in [6, 6.07) is 6.12. The molecular formula is C18H29N3O3. The zero-order valence-electron chi connectivity index (χ0n) is 14.8. The van der Waals surface area contributed by atoms with Gasteiger partial charge in [0.05, 0.1) is 26.9 Å². The Bertz CT molecular complexity index is 540. The summed E-state index contributed by atoms with van der Waals surface area (Å²) in [6.45, 7) is 3.38. The lowest BCUT2D eigenvalue weighted by atomic mass is 9.93. The van der Waals surface area contributed by atoms with Crippen molar-refractivity contribution in [1.82, 2.24) is 10.6 Å². The Balaban J connectivity index is 2.02. The van der Waals surface area contributed by atoms with Crippen LogP contribution in [-0.4, -0.2) is 44.0 Å². The monoisotopic (exact) mass is 335 g/mol. The number of nitrogens with one attached hydrogen (secondary N) is 2. The van der Waals surface area contributed by atoms with Crippen LogP contribution < -0.4 is 20.1 Å². The Labute approximate surface area is 144 Å². The Morgan fingerprint density at radius 1 is 1.21 bits per heavy atom. The predicted octanol–water partition coefficient (Wildman–Crippen LogP) is 2.06. The van der Waals surface area contributed by atoms with Crippen molar-refractivity contribution in [2.45, 2.75) is 51.3 Å². The van der Waals surface area contributed by atoms with Crippen LogP contribution in [0.2, 0.25) is 0 Å². The second-order valence-corrected chi connectivity index (χ2v) is 6.02. The van der Waals surface area contributed by atoms with Crippen molar-refractivity contribution >= 4 is 5.96 Å². The molecule has 1 aromatic rings. The second-order valence-electron chi connectivity index (χ2n) is 6.02. The Hall–Kier alpha value is -1.95. The minimum absolute atomic E-state index is 0.147. The van der Waals surface area contributed by atoms with Crippen LogP contribution in [0, 0.1) is 0 Å². The summed E-state index contributed by atoms with van der Waals surface area (Å²) < 4.78 is 10.6. The number of hydrogen-bond donors (Lipinski definition) is 3. The molecule has 1 saturated carbocycles. The molecule has 0 aliphatic heterocycles. The first-order chi connectivity index (χ1) is 11.7. The average molecular weight is 335 g/mol. The standard InChI is InChI=1S/C18H29N3O3/c1-4-19-18(21-14-6-8-15(22)9-7-14)20-12-13-5-10-16(23-2)11-17(13)24-3/h5,10-11,14-15,22H,4,6-9,12H2,1-3H3,(H2,19,20,21). The molecule has 0 spiro atoms. The van der Waals surface area contributed by atoms with E-state index in [2.05, 4.69) is 22.5 Å². The predicted molar refractivity (Wildman–Crippen MR) is 95.8 cm³/mol. The largest absolute Gasteiger partial charge is 0.497 e. The van der Waals surface area contributed by atoms with E-state index in [0.29, 0.717) is 12.6 Å². The van der Waals surface area contributed by atoms with Crippen molar-refractivity contribution in [3.8, 4) is 11.5 Å². The van der Waals surface area contributed by atoms with Gasteiger partial charge in [-0.2, -0.15) is 0 Å². The van der Waals surface area contributed by atoms with Gasteiger partial charge in [-0.1, -0.05) is 0 Å². The molecule has 0 unspecified atom stereocenters. The van der Waals surface area contributed by atoms with E-state index in [1.165, 1.54) is 0 Å². The van der Waals surface area contributed by atoms with Crippen LogP contribution in [0.3, 0.4) is 0 Å². The maximum absolute atomic E-state index is 9.62. The minimum atomic E-state index is -0.147. The van der Waals surface area contributed by atoms with Gasteiger partial charge in [-0.15, -0.1) is 0 Å². The summed E-state index contributed by atoms with van der Waals surface area (Å²) in [5.41, 5.74) is 1.01. The number of ether oxygens (including phenoxy) is 2. The molecule has 0 heterocycles. The van der Waals surface area contributed by atoms with Crippen LogP contribution in [0.25, 0.3) is 0 Å². The van der Waals surface area contributed by atoms with Gasteiger partial charge in [-0.3, -0.25) is 0 Å². The lowest BCUT2D eigenvalue weighted by molar-refractivity contribution is 0.120. The Morgan fingerprint density at radius 3 is 2.58 bits per heavy atom. The molecule has 3 N–H and O–H groups in total. The van der Waals surface area contributed by atoms with E-state index in [0.717, 1.165) is 55.3 Å². The number of methoxy groups -OCH3 is 2. The lowest BCUT2D eigenvalue weighted by Gasteiger charge is -2.27. The number of aliphatic hydroxyl groups is 1. The Morgan fingerprint density at radius 2 is 1.96 bits per heavy atom. The third-order valence-corrected chi connectivity index (χ3v) is 4.28.